The monoisotopic (exact) mass is 343 g/mol. The standard InChI is InChI=1S/C15H19BrClNO/c16-9-12-2-1-3-13(12)10-18-15(19)8-11-4-6-14(17)7-5-11/h4-7,12-13H,1-3,8-10H2,(H,18,19). The van der Waals surface area contributed by atoms with Crippen LogP contribution in [0.5, 0.6) is 0 Å². The summed E-state index contributed by atoms with van der Waals surface area (Å²) < 4.78 is 0. The Hall–Kier alpha value is -0.540. The molecule has 19 heavy (non-hydrogen) atoms. The first-order chi connectivity index (χ1) is 9.19. The first-order valence-electron chi connectivity index (χ1n) is 6.76. The van der Waals surface area contributed by atoms with Crippen LogP contribution in [0, 0.1) is 11.8 Å². The Morgan fingerprint density at radius 1 is 1.26 bits per heavy atom. The number of benzene rings is 1. The lowest BCUT2D eigenvalue weighted by molar-refractivity contribution is -0.120. The van der Waals surface area contributed by atoms with Gasteiger partial charge in [-0.25, -0.2) is 0 Å². The zero-order valence-electron chi connectivity index (χ0n) is 10.9. The number of halogens is 2. The number of carbonyl (C=O) groups excluding carboxylic acids is 1. The van der Waals surface area contributed by atoms with Crippen LogP contribution in [0.2, 0.25) is 5.02 Å². The van der Waals surface area contributed by atoms with Gasteiger partial charge in [0.2, 0.25) is 5.91 Å². The summed E-state index contributed by atoms with van der Waals surface area (Å²) in [6.07, 6.45) is 4.23. The highest BCUT2D eigenvalue weighted by Gasteiger charge is 2.26. The minimum Gasteiger partial charge on any atom is -0.356 e. The van der Waals surface area contributed by atoms with Crippen LogP contribution in [-0.2, 0) is 11.2 Å². The minimum atomic E-state index is 0.0996. The number of hydrogen-bond acceptors (Lipinski definition) is 1. The molecule has 2 atom stereocenters. The summed E-state index contributed by atoms with van der Waals surface area (Å²) >= 11 is 9.38. The average molecular weight is 345 g/mol. The Balaban J connectivity index is 1.77. The predicted molar refractivity (Wildman–Crippen MR) is 82.8 cm³/mol. The van der Waals surface area contributed by atoms with E-state index in [0.717, 1.165) is 23.4 Å². The molecule has 1 aromatic rings. The Kier molecular flexibility index (Phi) is 5.71. The highest BCUT2D eigenvalue weighted by atomic mass is 79.9. The molecule has 1 fully saturated rings. The fourth-order valence-corrected chi connectivity index (χ4v) is 3.66. The predicted octanol–water partition coefficient (Wildman–Crippen LogP) is 3.81. The molecular formula is C15H19BrClNO. The second-order valence-electron chi connectivity index (χ2n) is 5.21. The zero-order chi connectivity index (χ0) is 13.7. The lowest BCUT2D eigenvalue weighted by Crippen LogP contribution is -2.32. The van der Waals surface area contributed by atoms with Crippen molar-refractivity contribution in [3.05, 3.63) is 34.9 Å². The Morgan fingerprint density at radius 3 is 2.63 bits per heavy atom. The van der Waals surface area contributed by atoms with Gasteiger partial charge >= 0.3 is 0 Å². The third-order valence-electron chi connectivity index (χ3n) is 3.85. The lowest BCUT2D eigenvalue weighted by atomic mass is 9.98. The van der Waals surface area contributed by atoms with Gasteiger partial charge in [-0.1, -0.05) is 46.1 Å². The Morgan fingerprint density at radius 2 is 1.95 bits per heavy atom. The van der Waals surface area contributed by atoms with Gasteiger partial charge in [-0.2, -0.15) is 0 Å². The number of rotatable bonds is 5. The third-order valence-corrected chi connectivity index (χ3v) is 4.94. The van der Waals surface area contributed by atoms with Gasteiger partial charge < -0.3 is 5.32 Å². The van der Waals surface area contributed by atoms with E-state index in [1.165, 1.54) is 19.3 Å². The molecule has 0 bridgehead atoms. The molecule has 1 aromatic carbocycles. The van der Waals surface area contributed by atoms with E-state index >= 15 is 0 Å². The third kappa shape index (κ3) is 4.50. The molecule has 2 rings (SSSR count). The van der Waals surface area contributed by atoms with E-state index in [9.17, 15) is 4.79 Å². The summed E-state index contributed by atoms with van der Waals surface area (Å²) in [5.41, 5.74) is 1.00. The van der Waals surface area contributed by atoms with Crippen LogP contribution in [0.1, 0.15) is 24.8 Å². The SMILES string of the molecule is O=C(Cc1ccc(Cl)cc1)NCC1CCCC1CBr. The van der Waals surface area contributed by atoms with Crippen molar-refractivity contribution in [1.82, 2.24) is 5.32 Å². The summed E-state index contributed by atoms with van der Waals surface area (Å²) in [6.45, 7) is 0.808. The van der Waals surface area contributed by atoms with Crippen molar-refractivity contribution in [3.63, 3.8) is 0 Å². The molecule has 0 aliphatic heterocycles. The molecule has 2 unspecified atom stereocenters. The molecule has 1 saturated carbocycles. The van der Waals surface area contributed by atoms with Gasteiger partial charge in [0, 0.05) is 16.9 Å². The second-order valence-corrected chi connectivity index (χ2v) is 6.30. The molecule has 0 radical (unpaired) electrons. The number of hydrogen-bond donors (Lipinski definition) is 1. The first kappa shape index (κ1) is 14.9. The molecule has 0 aromatic heterocycles. The largest absolute Gasteiger partial charge is 0.356 e. The normalized spacial score (nSPS) is 22.4. The summed E-state index contributed by atoms with van der Waals surface area (Å²) in [5.74, 6) is 1.45. The summed E-state index contributed by atoms with van der Waals surface area (Å²) in [6, 6.07) is 7.45. The van der Waals surface area contributed by atoms with Crippen molar-refractivity contribution < 1.29 is 4.79 Å². The summed E-state index contributed by atoms with van der Waals surface area (Å²) in [7, 11) is 0. The average Bonchev–Trinajstić information content (AvgIpc) is 2.86. The van der Waals surface area contributed by atoms with Crippen LogP contribution >= 0.6 is 27.5 Å². The number of carbonyl (C=O) groups is 1. The van der Waals surface area contributed by atoms with Crippen molar-refractivity contribution in [2.45, 2.75) is 25.7 Å². The highest BCUT2D eigenvalue weighted by molar-refractivity contribution is 9.09. The lowest BCUT2D eigenvalue weighted by Gasteiger charge is -2.17. The summed E-state index contributed by atoms with van der Waals surface area (Å²) in [5, 5.41) is 4.81. The van der Waals surface area contributed by atoms with Crippen LogP contribution in [0.4, 0.5) is 0 Å². The molecule has 1 N–H and O–H groups in total. The van der Waals surface area contributed by atoms with E-state index < -0.39 is 0 Å². The quantitative estimate of drug-likeness (QED) is 0.809. The van der Waals surface area contributed by atoms with Crippen molar-refractivity contribution >= 4 is 33.4 Å². The maximum atomic E-state index is 11.9. The van der Waals surface area contributed by atoms with Crippen LogP contribution in [0.3, 0.4) is 0 Å². The van der Waals surface area contributed by atoms with Crippen molar-refractivity contribution in [2.75, 3.05) is 11.9 Å². The maximum Gasteiger partial charge on any atom is 0.224 e. The van der Waals surface area contributed by atoms with Gasteiger partial charge in [0.25, 0.3) is 0 Å². The van der Waals surface area contributed by atoms with E-state index in [1.54, 1.807) is 0 Å². The molecule has 104 valence electrons. The van der Waals surface area contributed by atoms with E-state index in [2.05, 4.69) is 21.2 Å². The fraction of sp³-hybridized carbons (Fsp3) is 0.533. The van der Waals surface area contributed by atoms with Crippen LogP contribution in [-0.4, -0.2) is 17.8 Å². The van der Waals surface area contributed by atoms with Crippen LogP contribution in [0.25, 0.3) is 0 Å². The van der Waals surface area contributed by atoms with E-state index in [4.69, 9.17) is 11.6 Å². The highest BCUT2D eigenvalue weighted by Crippen LogP contribution is 2.32. The van der Waals surface area contributed by atoms with Crippen LogP contribution in [0.15, 0.2) is 24.3 Å². The number of amides is 1. The van der Waals surface area contributed by atoms with E-state index in [-0.39, 0.29) is 5.91 Å². The van der Waals surface area contributed by atoms with Gasteiger partial charge in [-0.15, -0.1) is 0 Å². The smallest absolute Gasteiger partial charge is 0.224 e. The first-order valence-corrected chi connectivity index (χ1v) is 8.26. The van der Waals surface area contributed by atoms with Crippen molar-refractivity contribution in [3.8, 4) is 0 Å². The molecule has 0 spiro atoms. The Labute approximate surface area is 128 Å². The minimum absolute atomic E-state index is 0.0996. The molecule has 1 aliphatic rings. The van der Waals surface area contributed by atoms with E-state index in [0.29, 0.717) is 17.4 Å². The Bertz CT molecular complexity index is 421. The molecule has 0 saturated heterocycles. The van der Waals surface area contributed by atoms with Gasteiger partial charge in [0.15, 0.2) is 0 Å². The number of nitrogens with one attached hydrogen (secondary N) is 1. The fourth-order valence-electron chi connectivity index (χ4n) is 2.68. The molecule has 2 nitrogen and oxygen atoms in total. The number of alkyl halides is 1. The zero-order valence-corrected chi connectivity index (χ0v) is 13.2. The van der Waals surface area contributed by atoms with Gasteiger partial charge in [-0.3, -0.25) is 4.79 Å². The van der Waals surface area contributed by atoms with Crippen molar-refractivity contribution in [2.24, 2.45) is 11.8 Å². The van der Waals surface area contributed by atoms with Gasteiger partial charge in [-0.05, 0) is 42.4 Å². The van der Waals surface area contributed by atoms with Crippen LogP contribution < -0.4 is 5.32 Å². The molecule has 0 heterocycles. The maximum absolute atomic E-state index is 11.9. The van der Waals surface area contributed by atoms with Gasteiger partial charge in [0.1, 0.15) is 0 Å². The van der Waals surface area contributed by atoms with Gasteiger partial charge in [0.05, 0.1) is 6.42 Å². The van der Waals surface area contributed by atoms with Crippen molar-refractivity contribution in [1.29, 1.82) is 0 Å². The summed E-state index contributed by atoms with van der Waals surface area (Å²) in [4.78, 5) is 11.9. The molecule has 4 heteroatoms. The molecular weight excluding hydrogens is 326 g/mol. The molecule has 1 aliphatic carbocycles. The second kappa shape index (κ2) is 7.30. The topological polar surface area (TPSA) is 29.1 Å². The van der Waals surface area contributed by atoms with E-state index in [1.807, 2.05) is 24.3 Å². The molecule has 1 amide bonds.